The number of carbonyl (C=O) groups excluding carboxylic acids is 3. The summed E-state index contributed by atoms with van der Waals surface area (Å²) in [5.74, 6) is 0.242. The second-order valence-corrected chi connectivity index (χ2v) is 6.13. The first-order valence-corrected chi connectivity index (χ1v) is 8.82. The van der Waals surface area contributed by atoms with Crippen LogP contribution in [0.4, 0.5) is 0 Å². The van der Waals surface area contributed by atoms with Crippen LogP contribution in [0.25, 0.3) is 0 Å². The van der Waals surface area contributed by atoms with Crippen LogP contribution < -0.4 is 14.8 Å². The molecule has 1 heterocycles. The highest BCUT2D eigenvalue weighted by Gasteiger charge is 2.16. The molecule has 1 N–H and O–H groups in total. The Hall–Kier alpha value is -3.49. The largest absolute Gasteiger partial charge is 0.493 e. The van der Waals surface area contributed by atoms with Crippen molar-refractivity contribution in [3.63, 3.8) is 0 Å². The molecule has 0 fully saturated rings. The molecule has 0 unspecified atom stereocenters. The Bertz CT molecular complexity index is 833. The van der Waals surface area contributed by atoms with Crippen LogP contribution in [0.15, 0.2) is 41.0 Å². The number of hydrogen-bond donors (Lipinski definition) is 1. The fourth-order valence-electron chi connectivity index (χ4n) is 2.42. The Labute approximate surface area is 168 Å². The number of likely N-dealkylation sites (N-methyl/N-ethyl adjacent to an activating group) is 1. The normalized spacial score (nSPS) is 10.2. The fraction of sp³-hybridized carbons (Fsp3) is 0.350. The zero-order valence-corrected chi connectivity index (χ0v) is 16.6. The molecule has 0 atom stereocenters. The van der Waals surface area contributed by atoms with Gasteiger partial charge in [0.2, 0.25) is 5.91 Å². The SMILES string of the molecule is COc1ccc(CC(=O)OCC(=O)N(C)CC(=O)NCc2ccco2)cc1OC. The molecule has 0 aliphatic rings. The second-order valence-electron chi connectivity index (χ2n) is 6.13. The number of nitrogens with zero attached hydrogens (tertiary/aromatic N) is 1. The van der Waals surface area contributed by atoms with Gasteiger partial charge < -0.3 is 28.8 Å². The van der Waals surface area contributed by atoms with Gasteiger partial charge in [-0.2, -0.15) is 0 Å². The maximum atomic E-state index is 12.1. The van der Waals surface area contributed by atoms with Crippen molar-refractivity contribution in [2.75, 3.05) is 34.4 Å². The van der Waals surface area contributed by atoms with Crippen molar-refractivity contribution in [3.8, 4) is 11.5 Å². The van der Waals surface area contributed by atoms with Gasteiger partial charge in [-0.1, -0.05) is 6.07 Å². The molecule has 2 rings (SSSR count). The molecule has 0 radical (unpaired) electrons. The number of furan rings is 1. The third-order valence-electron chi connectivity index (χ3n) is 4.00. The van der Waals surface area contributed by atoms with Crippen molar-refractivity contribution in [2.24, 2.45) is 0 Å². The van der Waals surface area contributed by atoms with E-state index in [0.29, 0.717) is 22.8 Å². The van der Waals surface area contributed by atoms with Crippen LogP contribution in [-0.4, -0.2) is 57.1 Å². The molecule has 9 nitrogen and oxygen atoms in total. The molecule has 2 aromatic rings. The van der Waals surface area contributed by atoms with Crippen LogP contribution in [0.2, 0.25) is 0 Å². The molecule has 29 heavy (non-hydrogen) atoms. The van der Waals surface area contributed by atoms with Crippen LogP contribution in [0.3, 0.4) is 0 Å². The number of amides is 2. The number of hydrogen-bond acceptors (Lipinski definition) is 7. The van der Waals surface area contributed by atoms with Gasteiger partial charge in [-0.05, 0) is 29.8 Å². The minimum Gasteiger partial charge on any atom is -0.493 e. The lowest BCUT2D eigenvalue weighted by atomic mass is 10.1. The highest BCUT2D eigenvalue weighted by molar-refractivity contribution is 5.86. The molecule has 0 saturated carbocycles. The third-order valence-corrected chi connectivity index (χ3v) is 4.00. The molecule has 0 spiro atoms. The molecular weight excluding hydrogens is 380 g/mol. The Morgan fingerprint density at radius 3 is 2.52 bits per heavy atom. The smallest absolute Gasteiger partial charge is 0.310 e. The molecule has 0 saturated heterocycles. The van der Waals surface area contributed by atoms with E-state index >= 15 is 0 Å². The Morgan fingerprint density at radius 2 is 1.86 bits per heavy atom. The first kappa shape index (κ1) is 21.8. The standard InChI is InChI=1S/C20H24N2O7/c1-22(12-18(23)21-11-15-5-4-8-28-15)19(24)13-29-20(25)10-14-6-7-16(26-2)17(9-14)27-3/h4-9H,10-13H2,1-3H3,(H,21,23). The van der Waals surface area contributed by atoms with Crippen LogP contribution in [-0.2, 0) is 32.1 Å². The van der Waals surface area contributed by atoms with Gasteiger partial charge in [0.25, 0.3) is 5.91 Å². The van der Waals surface area contributed by atoms with Gasteiger partial charge in [0.1, 0.15) is 5.76 Å². The first-order chi connectivity index (χ1) is 13.9. The van der Waals surface area contributed by atoms with Crippen molar-refractivity contribution in [1.82, 2.24) is 10.2 Å². The lowest BCUT2D eigenvalue weighted by Gasteiger charge is -2.16. The Balaban J connectivity index is 1.74. The summed E-state index contributed by atoms with van der Waals surface area (Å²) in [6, 6.07) is 8.50. The van der Waals surface area contributed by atoms with Crippen molar-refractivity contribution < 1.29 is 33.0 Å². The minimum absolute atomic E-state index is 0.0268. The topological polar surface area (TPSA) is 107 Å². The summed E-state index contributed by atoms with van der Waals surface area (Å²) in [5, 5.41) is 2.63. The van der Waals surface area contributed by atoms with Crippen molar-refractivity contribution in [1.29, 1.82) is 0 Å². The van der Waals surface area contributed by atoms with Gasteiger partial charge in [0.05, 0.1) is 40.0 Å². The van der Waals surface area contributed by atoms with E-state index in [-0.39, 0.29) is 25.4 Å². The van der Waals surface area contributed by atoms with E-state index in [4.69, 9.17) is 18.6 Å². The van der Waals surface area contributed by atoms with Gasteiger partial charge in [-0.3, -0.25) is 14.4 Å². The molecule has 1 aromatic heterocycles. The zero-order chi connectivity index (χ0) is 21.2. The quantitative estimate of drug-likeness (QED) is 0.592. The summed E-state index contributed by atoms with van der Waals surface area (Å²) >= 11 is 0. The molecule has 1 aromatic carbocycles. The molecule has 0 aliphatic carbocycles. The summed E-state index contributed by atoms with van der Waals surface area (Å²) < 4.78 is 20.4. The van der Waals surface area contributed by atoms with Crippen LogP contribution in [0, 0.1) is 0 Å². The molecule has 9 heteroatoms. The van der Waals surface area contributed by atoms with E-state index in [1.165, 1.54) is 32.4 Å². The number of carbonyl (C=O) groups is 3. The average molecular weight is 404 g/mol. The molecular formula is C20H24N2O7. The maximum absolute atomic E-state index is 12.1. The van der Waals surface area contributed by atoms with Gasteiger partial charge >= 0.3 is 5.97 Å². The number of rotatable bonds is 10. The number of methoxy groups -OCH3 is 2. The summed E-state index contributed by atoms with van der Waals surface area (Å²) in [6.45, 7) is -0.380. The van der Waals surface area contributed by atoms with Crippen LogP contribution >= 0.6 is 0 Å². The lowest BCUT2D eigenvalue weighted by molar-refractivity contribution is -0.151. The van der Waals surface area contributed by atoms with Crippen molar-refractivity contribution in [2.45, 2.75) is 13.0 Å². The number of ether oxygens (including phenoxy) is 3. The van der Waals surface area contributed by atoms with E-state index in [1.807, 2.05) is 0 Å². The molecule has 0 aliphatic heterocycles. The predicted octanol–water partition coefficient (Wildman–Crippen LogP) is 1.16. The molecule has 156 valence electrons. The van der Waals surface area contributed by atoms with E-state index in [9.17, 15) is 14.4 Å². The van der Waals surface area contributed by atoms with E-state index in [1.54, 1.807) is 30.3 Å². The average Bonchev–Trinajstić information content (AvgIpc) is 3.24. The predicted molar refractivity (Wildman–Crippen MR) is 102 cm³/mol. The lowest BCUT2D eigenvalue weighted by Crippen LogP contribution is -2.40. The van der Waals surface area contributed by atoms with Crippen molar-refractivity contribution >= 4 is 17.8 Å². The summed E-state index contributed by atoms with van der Waals surface area (Å²) in [6.07, 6.45) is 1.48. The molecule has 2 amide bonds. The highest BCUT2D eigenvalue weighted by Crippen LogP contribution is 2.27. The van der Waals surface area contributed by atoms with E-state index in [2.05, 4.69) is 5.32 Å². The second kappa shape index (κ2) is 10.7. The first-order valence-electron chi connectivity index (χ1n) is 8.82. The van der Waals surface area contributed by atoms with Crippen molar-refractivity contribution in [3.05, 3.63) is 47.9 Å². The number of esters is 1. The minimum atomic E-state index is -0.568. The van der Waals surface area contributed by atoms with Gasteiger partial charge in [-0.15, -0.1) is 0 Å². The van der Waals surface area contributed by atoms with E-state index < -0.39 is 18.5 Å². The summed E-state index contributed by atoms with van der Waals surface area (Å²) in [4.78, 5) is 37.1. The van der Waals surface area contributed by atoms with Gasteiger partial charge in [0.15, 0.2) is 18.1 Å². The summed E-state index contributed by atoms with van der Waals surface area (Å²) in [5.41, 5.74) is 0.658. The van der Waals surface area contributed by atoms with Gasteiger partial charge in [0, 0.05) is 7.05 Å². The zero-order valence-electron chi connectivity index (χ0n) is 16.6. The Kier molecular flexibility index (Phi) is 8.08. The van der Waals surface area contributed by atoms with Crippen LogP contribution in [0.5, 0.6) is 11.5 Å². The molecule has 0 bridgehead atoms. The third kappa shape index (κ3) is 6.87. The monoisotopic (exact) mass is 404 g/mol. The number of nitrogens with one attached hydrogen (secondary N) is 1. The summed E-state index contributed by atoms with van der Waals surface area (Å²) in [7, 11) is 4.47. The van der Waals surface area contributed by atoms with Crippen LogP contribution in [0.1, 0.15) is 11.3 Å². The van der Waals surface area contributed by atoms with E-state index in [0.717, 1.165) is 0 Å². The Morgan fingerprint density at radius 1 is 1.10 bits per heavy atom. The highest BCUT2D eigenvalue weighted by atomic mass is 16.5. The maximum Gasteiger partial charge on any atom is 0.310 e. The number of benzene rings is 1. The van der Waals surface area contributed by atoms with Gasteiger partial charge in [-0.25, -0.2) is 0 Å². The fourth-order valence-corrected chi connectivity index (χ4v) is 2.42.